The standard InChI is InChI=1S/C10H20N2O2/c1-2-11-6-10(14)12-5-3-4-9(7-12)8-13/h9,11,13H,2-8H2,1H3. The molecular weight excluding hydrogens is 180 g/mol. The monoisotopic (exact) mass is 200 g/mol. The van der Waals surface area contributed by atoms with Crippen molar-refractivity contribution in [2.75, 3.05) is 32.8 Å². The molecule has 0 aromatic carbocycles. The van der Waals surface area contributed by atoms with Gasteiger partial charge in [-0.1, -0.05) is 6.92 Å². The van der Waals surface area contributed by atoms with Gasteiger partial charge in [0.1, 0.15) is 0 Å². The molecule has 0 bridgehead atoms. The van der Waals surface area contributed by atoms with E-state index < -0.39 is 0 Å². The highest BCUT2D eigenvalue weighted by molar-refractivity contribution is 5.78. The second-order valence-electron chi connectivity index (χ2n) is 3.81. The molecule has 0 aromatic rings. The number of rotatable bonds is 4. The topological polar surface area (TPSA) is 52.6 Å². The predicted molar refractivity (Wildman–Crippen MR) is 54.9 cm³/mol. The van der Waals surface area contributed by atoms with Crippen molar-refractivity contribution in [2.24, 2.45) is 5.92 Å². The summed E-state index contributed by atoms with van der Waals surface area (Å²) < 4.78 is 0. The van der Waals surface area contributed by atoms with Crippen molar-refractivity contribution < 1.29 is 9.90 Å². The summed E-state index contributed by atoms with van der Waals surface area (Å²) >= 11 is 0. The fourth-order valence-electron chi connectivity index (χ4n) is 1.78. The number of likely N-dealkylation sites (N-methyl/N-ethyl adjacent to an activating group) is 1. The van der Waals surface area contributed by atoms with Crippen LogP contribution in [0.2, 0.25) is 0 Å². The highest BCUT2D eigenvalue weighted by atomic mass is 16.3. The lowest BCUT2D eigenvalue weighted by atomic mass is 9.99. The normalized spacial score (nSPS) is 22.4. The molecule has 0 radical (unpaired) electrons. The van der Waals surface area contributed by atoms with Gasteiger partial charge in [-0.05, 0) is 25.3 Å². The minimum Gasteiger partial charge on any atom is -0.396 e. The first-order valence-corrected chi connectivity index (χ1v) is 5.37. The predicted octanol–water partition coefficient (Wildman–Crippen LogP) is -0.173. The number of piperidine rings is 1. The van der Waals surface area contributed by atoms with Crippen LogP contribution in [-0.4, -0.2) is 48.7 Å². The van der Waals surface area contributed by atoms with Gasteiger partial charge in [-0.3, -0.25) is 4.79 Å². The lowest BCUT2D eigenvalue weighted by Crippen LogP contribution is -2.44. The van der Waals surface area contributed by atoms with E-state index in [2.05, 4.69) is 5.32 Å². The molecule has 1 aliphatic rings. The fraction of sp³-hybridized carbons (Fsp3) is 0.900. The molecule has 1 saturated heterocycles. The number of hydrogen-bond donors (Lipinski definition) is 2. The Morgan fingerprint density at radius 2 is 2.43 bits per heavy atom. The van der Waals surface area contributed by atoms with E-state index in [0.717, 1.165) is 32.5 Å². The summed E-state index contributed by atoms with van der Waals surface area (Å²) in [5.74, 6) is 0.444. The number of amides is 1. The summed E-state index contributed by atoms with van der Waals surface area (Å²) in [4.78, 5) is 13.5. The Morgan fingerprint density at radius 3 is 3.07 bits per heavy atom. The molecule has 4 heteroatoms. The largest absolute Gasteiger partial charge is 0.396 e. The van der Waals surface area contributed by atoms with E-state index in [1.165, 1.54) is 0 Å². The summed E-state index contributed by atoms with van der Waals surface area (Å²) in [6, 6.07) is 0. The van der Waals surface area contributed by atoms with Crippen molar-refractivity contribution >= 4 is 5.91 Å². The molecule has 0 aromatic heterocycles. The molecular formula is C10H20N2O2. The van der Waals surface area contributed by atoms with Crippen LogP contribution in [0.5, 0.6) is 0 Å². The Hall–Kier alpha value is -0.610. The van der Waals surface area contributed by atoms with Crippen LogP contribution >= 0.6 is 0 Å². The van der Waals surface area contributed by atoms with Gasteiger partial charge in [-0.2, -0.15) is 0 Å². The SMILES string of the molecule is CCNCC(=O)N1CCCC(CO)C1. The van der Waals surface area contributed by atoms with Gasteiger partial charge in [0, 0.05) is 19.7 Å². The van der Waals surface area contributed by atoms with Crippen LogP contribution in [0.1, 0.15) is 19.8 Å². The van der Waals surface area contributed by atoms with Crippen molar-refractivity contribution in [3.05, 3.63) is 0 Å². The molecule has 1 rings (SSSR count). The smallest absolute Gasteiger partial charge is 0.236 e. The van der Waals surface area contributed by atoms with Gasteiger partial charge in [0.25, 0.3) is 0 Å². The molecule has 1 amide bonds. The molecule has 0 aliphatic carbocycles. The molecule has 82 valence electrons. The summed E-state index contributed by atoms with van der Waals surface area (Å²) in [5.41, 5.74) is 0. The van der Waals surface area contributed by atoms with Gasteiger partial charge in [0.05, 0.1) is 6.54 Å². The molecule has 1 heterocycles. The van der Waals surface area contributed by atoms with Gasteiger partial charge in [0.15, 0.2) is 0 Å². The van der Waals surface area contributed by atoms with E-state index in [0.29, 0.717) is 6.54 Å². The van der Waals surface area contributed by atoms with Crippen molar-refractivity contribution in [1.82, 2.24) is 10.2 Å². The van der Waals surface area contributed by atoms with Gasteiger partial charge in [0.2, 0.25) is 5.91 Å². The summed E-state index contributed by atoms with van der Waals surface area (Å²) in [7, 11) is 0. The first kappa shape index (κ1) is 11.5. The Balaban J connectivity index is 2.31. The first-order valence-electron chi connectivity index (χ1n) is 5.37. The zero-order valence-electron chi connectivity index (χ0n) is 8.83. The van der Waals surface area contributed by atoms with Crippen LogP contribution in [0.4, 0.5) is 0 Å². The van der Waals surface area contributed by atoms with E-state index >= 15 is 0 Å². The molecule has 0 spiro atoms. The molecule has 14 heavy (non-hydrogen) atoms. The Bertz CT molecular complexity index is 185. The van der Waals surface area contributed by atoms with Crippen LogP contribution in [0.25, 0.3) is 0 Å². The number of hydrogen-bond acceptors (Lipinski definition) is 3. The zero-order chi connectivity index (χ0) is 10.4. The van der Waals surface area contributed by atoms with E-state index in [1.54, 1.807) is 0 Å². The third kappa shape index (κ3) is 3.27. The molecule has 1 unspecified atom stereocenters. The maximum absolute atomic E-state index is 11.6. The molecule has 4 nitrogen and oxygen atoms in total. The number of nitrogens with one attached hydrogen (secondary N) is 1. The van der Waals surface area contributed by atoms with Crippen LogP contribution < -0.4 is 5.32 Å². The van der Waals surface area contributed by atoms with Gasteiger partial charge in [-0.25, -0.2) is 0 Å². The first-order chi connectivity index (χ1) is 6.77. The third-order valence-corrected chi connectivity index (χ3v) is 2.66. The third-order valence-electron chi connectivity index (χ3n) is 2.66. The Kier molecular flexibility index (Phi) is 4.90. The zero-order valence-corrected chi connectivity index (χ0v) is 8.83. The second kappa shape index (κ2) is 5.98. The number of nitrogens with zero attached hydrogens (tertiary/aromatic N) is 1. The quantitative estimate of drug-likeness (QED) is 0.662. The lowest BCUT2D eigenvalue weighted by Gasteiger charge is -2.31. The molecule has 2 N–H and O–H groups in total. The second-order valence-corrected chi connectivity index (χ2v) is 3.81. The maximum Gasteiger partial charge on any atom is 0.236 e. The van der Waals surface area contributed by atoms with Crippen molar-refractivity contribution in [1.29, 1.82) is 0 Å². The van der Waals surface area contributed by atoms with Crippen LogP contribution in [0.3, 0.4) is 0 Å². The van der Waals surface area contributed by atoms with Crippen LogP contribution in [-0.2, 0) is 4.79 Å². The molecule has 1 aliphatic heterocycles. The Morgan fingerprint density at radius 1 is 1.64 bits per heavy atom. The minimum atomic E-state index is 0.157. The van der Waals surface area contributed by atoms with Crippen molar-refractivity contribution in [3.8, 4) is 0 Å². The van der Waals surface area contributed by atoms with E-state index in [1.807, 2.05) is 11.8 Å². The minimum absolute atomic E-state index is 0.157. The number of carbonyl (C=O) groups is 1. The van der Waals surface area contributed by atoms with E-state index in [4.69, 9.17) is 5.11 Å². The van der Waals surface area contributed by atoms with E-state index in [-0.39, 0.29) is 18.4 Å². The average Bonchev–Trinajstić information content (AvgIpc) is 2.26. The Labute approximate surface area is 85.3 Å². The summed E-state index contributed by atoms with van der Waals surface area (Å²) in [6.07, 6.45) is 2.06. The average molecular weight is 200 g/mol. The number of aliphatic hydroxyl groups excluding tert-OH is 1. The number of likely N-dealkylation sites (tertiary alicyclic amines) is 1. The molecule has 1 fully saturated rings. The highest BCUT2D eigenvalue weighted by Gasteiger charge is 2.22. The van der Waals surface area contributed by atoms with Crippen LogP contribution in [0, 0.1) is 5.92 Å². The van der Waals surface area contributed by atoms with E-state index in [9.17, 15) is 4.79 Å². The van der Waals surface area contributed by atoms with Gasteiger partial charge >= 0.3 is 0 Å². The number of carbonyl (C=O) groups excluding carboxylic acids is 1. The lowest BCUT2D eigenvalue weighted by molar-refractivity contribution is -0.132. The summed E-state index contributed by atoms with van der Waals surface area (Å²) in [6.45, 7) is 5.00. The fourth-order valence-corrected chi connectivity index (χ4v) is 1.78. The van der Waals surface area contributed by atoms with Crippen molar-refractivity contribution in [2.45, 2.75) is 19.8 Å². The van der Waals surface area contributed by atoms with Gasteiger partial charge < -0.3 is 15.3 Å². The maximum atomic E-state index is 11.6. The molecule has 1 atom stereocenters. The van der Waals surface area contributed by atoms with Gasteiger partial charge in [-0.15, -0.1) is 0 Å². The van der Waals surface area contributed by atoms with Crippen LogP contribution in [0.15, 0.2) is 0 Å². The van der Waals surface area contributed by atoms with Crippen molar-refractivity contribution in [3.63, 3.8) is 0 Å². The number of aliphatic hydroxyl groups is 1. The molecule has 0 saturated carbocycles. The summed E-state index contributed by atoms with van der Waals surface area (Å²) in [5, 5.41) is 12.0. The highest BCUT2D eigenvalue weighted by Crippen LogP contribution is 2.15.